The molecule has 0 radical (unpaired) electrons. The Labute approximate surface area is 143 Å². The van der Waals surface area contributed by atoms with Gasteiger partial charge in [0.05, 0.1) is 13.2 Å². The molecule has 0 aromatic carbocycles. The van der Waals surface area contributed by atoms with Crippen LogP contribution in [-0.2, 0) is 4.74 Å². The number of aliphatic hydroxyl groups excluding tert-OH is 3. The zero-order valence-corrected chi connectivity index (χ0v) is 15.2. The average molecular weight is 333 g/mol. The first-order valence-corrected chi connectivity index (χ1v) is 9.79. The average Bonchev–Trinajstić information content (AvgIpc) is 2.56. The molecule has 2 atom stereocenters. The molecule has 4 nitrogen and oxygen atoms in total. The molecule has 140 valence electrons. The lowest BCUT2D eigenvalue weighted by molar-refractivity contribution is -0.130. The van der Waals surface area contributed by atoms with E-state index in [-0.39, 0.29) is 13.2 Å². The Morgan fingerprint density at radius 1 is 0.696 bits per heavy atom. The molecule has 23 heavy (non-hydrogen) atoms. The highest BCUT2D eigenvalue weighted by Crippen LogP contribution is 2.13. The maximum Gasteiger partial charge on any atom is 0.154 e. The molecule has 0 saturated carbocycles. The van der Waals surface area contributed by atoms with E-state index in [1.54, 1.807) is 0 Å². The molecule has 0 rings (SSSR count). The third-order valence-corrected chi connectivity index (χ3v) is 4.25. The molecule has 3 N–H and O–H groups in total. The highest BCUT2D eigenvalue weighted by atomic mass is 16.6. The van der Waals surface area contributed by atoms with Gasteiger partial charge in [0, 0.05) is 0 Å². The SMILES string of the molecule is CCCCCCCCCCCCCCC[C@H](O)OCC(O)CO. The van der Waals surface area contributed by atoms with Crippen LogP contribution in [-0.4, -0.2) is 40.9 Å². The predicted octanol–water partition coefficient (Wildman–Crippen LogP) is 4.16. The van der Waals surface area contributed by atoms with E-state index in [0.717, 1.165) is 12.8 Å². The molecule has 0 aromatic heterocycles. The molecular formula is C19H40O4. The van der Waals surface area contributed by atoms with Crippen LogP contribution in [0.4, 0.5) is 0 Å². The van der Waals surface area contributed by atoms with Crippen LogP contribution in [0.2, 0.25) is 0 Å². The molecule has 0 aliphatic rings. The molecule has 0 heterocycles. The summed E-state index contributed by atoms with van der Waals surface area (Å²) in [5.41, 5.74) is 0. The molecule has 0 aliphatic carbocycles. The number of hydrogen-bond donors (Lipinski definition) is 3. The Kier molecular flexibility index (Phi) is 18.1. The smallest absolute Gasteiger partial charge is 0.154 e. The van der Waals surface area contributed by atoms with Gasteiger partial charge in [0.25, 0.3) is 0 Å². The van der Waals surface area contributed by atoms with Crippen LogP contribution in [0.15, 0.2) is 0 Å². The summed E-state index contributed by atoms with van der Waals surface area (Å²) in [7, 11) is 0. The Balaban J connectivity index is 3.12. The molecule has 0 spiro atoms. The van der Waals surface area contributed by atoms with E-state index in [1.165, 1.54) is 70.6 Å². The van der Waals surface area contributed by atoms with Gasteiger partial charge in [0.15, 0.2) is 6.29 Å². The summed E-state index contributed by atoms with van der Waals surface area (Å²) in [6.45, 7) is 1.93. The van der Waals surface area contributed by atoms with Crippen LogP contribution in [0.25, 0.3) is 0 Å². The quantitative estimate of drug-likeness (QED) is 0.260. The van der Waals surface area contributed by atoms with Gasteiger partial charge in [-0.2, -0.15) is 0 Å². The van der Waals surface area contributed by atoms with Crippen LogP contribution in [0.5, 0.6) is 0 Å². The lowest BCUT2D eigenvalue weighted by Gasteiger charge is -2.14. The number of ether oxygens (including phenoxy) is 1. The van der Waals surface area contributed by atoms with Crippen LogP contribution in [0.1, 0.15) is 96.8 Å². The first kappa shape index (κ1) is 22.8. The lowest BCUT2D eigenvalue weighted by Crippen LogP contribution is -2.24. The highest BCUT2D eigenvalue weighted by Gasteiger charge is 2.07. The molecule has 4 heteroatoms. The van der Waals surface area contributed by atoms with Crippen molar-refractivity contribution in [3.8, 4) is 0 Å². The van der Waals surface area contributed by atoms with Crippen molar-refractivity contribution in [3.05, 3.63) is 0 Å². The van der Waals surface area contributed by atoms with E-state index in [0.29, 0.717) is 6.42 Å². The zero-order chi connectivity index (χ0) is 17.2. The van der Waals surface area contributed by atoms with E-state index in [9.17, 15) is 5.11 Å². The maximum atomic E-state index is 9.56. The van der Waals surface area contributed by atoms with Crippen LogP contribution in [0.3, 0.4) is 0 Å². The second-order valence-electron chi connectivity index (χ2n) is 6.66. The van der Waals surface area contributed by atoms with Crippen molar-refractivity contribution < 1.29 is 20.1 Å². The minimum absolute atomic E-state index is 0.00386. The standard InChI is InChI=1S/C19H40O4/c1-2-3-4-5-6-7-8-9-10-11-12-13-14-15-19(22)23-17-18(21)16-20/h18-22H,2-17H2,1H3/t18?,19-/m1/s1. The van der Waals surface area contributed by atoms with Crippen molar-refractivity contribution >= 4 is 0 Å². The molecule has 0 bridgehead atoms. The van der Waals surface area contributed by atoms with E-state index in [4.69, 9.17) is 14.9 Å². The van der Waals surface area contributed by atoms with Crippen molar-refractivity contribution in [2.75, 3.05) is 13.2 Å². The Bertz CT molecular complexity index is 223. The Morgan fingerprint density at radius 3 is 1.57 bits per heavy atom. The molecular weight excluding hydrogens is 292 g/mol. The van der Waals surface area contributed by atoms with Crippen molar-refractivity contribution in [2.45, 2.75) is 109 Å². The largest absolute Gasteiger partial charge is 0.394 e. The first-order valence-electron chi connectivity index (χ1n) is 9.79. The summed E-state index contributed by atoms with van der Waals surface area (Å²) < 4.78 is 5.05. The van der Waals surface area contributed by atoms with Gasteiger partial charge in [-0.1, -0.05) is 84.0 Å². The van der Waals surface area contributed by atoms with Gasteiger partial charge in [-0.15, -0.1) is 0 Å². The van der Waals surface area contributed by atoms with Gasteiger partial charge >= 0.3 is 0 Å². The summed E-state index contributed by atoms with van der Waals surface area (Å²) in [5.74, 6) is 0. The van der Waals surface area contributed by atoms with Crippen molar-refractivity contribution in [1.82, 2.24) is 0 Å². The van der Waals surface area contributed by atoms with Gasteiger partial charge in [-0.3, -0.25) is 0 Å². The fourth-order valence-electron chi connectivity index (χ4n) is 2.69. The van der Waals surface area contributed by atoms with Crippen LogP contribution in [0, 0.1) is 0 Å². The molecule has 0 saturated heterocycles. The third kappa shape index (κ3) is 18.0. The summed E-state index contributed by atoms with van der Waals surface area (Å²) in [4.78, 5) is 0. The van der Waals surface area contributed by atoms with Crippen LogP contribution < -0.4 is 0 Å². The lowest BCUT2D eigenvalue weighted by atomic mass is 10.0. The highest BCUT2D eigenvalue weighted by molar-refractivity contribution is 4.53. The van der Waals surface area contributed by atoms with Crippen molar-refractivity contribution in [1.29, 1.82) is 0 Å². The fourth-order valence-corrected chi connectivity index (χ4v) is 2.69. The van der Waals surface area contributed by atoms with Crippen LogP contribution >= 0.6 is 0 Å². The number of hydrogen-bond acceptors (Lipinski definition) is 4. The molecule has 0 aliphatic heterocycles. The monoisotopic (exact) mass is 332 g/mol. The van der Waals surface area contributed by atoms with Gasteiger partial charge in [-0.25, -0.2) is 0 Å². The minimum atomic E-state index is -0.892. The van der Waals surface area contributed by atoms with Crippen molar-refractivity contribution in [2.24, 2.45) is 0 Å². The topological polar surface area (TPSA) is 69.9 Å². The van der Waals surface area contributed by atoms with E-state index >= 15 is 0 Å². The Hall–Kier alpha value is -0.160. The number of rotatable bonds is 18. The van der Waals surface area contributed by atoms with Gasteiger partial charge in [0.1, 0.15) is 6.10 Å². The predicted molar refractivity (Wildman–Crippen MR) is 95.4 cm³/mol. The summed E-state index contributed by atoms with van der Waals surface area (Å²) in [6.07, 6.45) is 15.9. The summed E-state index contributed by atoms with van der Waals surface area (Å²) >= 11 is 0. The van der Waals surface area contributed by atoms with E-state index in [2.05, 4.69) is 6.92 Å². The van der Waals surface area contributed by atoms with Crippen molar-refractivity contribution in [3.63, 3.8) is 0 Å². The van der Waals surface area contributed by atoms with Gasteiger partial charge in [-0.05, 0) is 12.8 Å². The third-order valence-electron chi connectivity index (χ3n) is 4.25. The minimum Gasteiger partial charge on any atom is -0.394 e. The van der Waals surface area contributed by atoms with E-state index in [1.807, 2.05) is 0 Å². The molecule has 0 fully saturated rings. The van der Waals surface area contributed by atoms with Gasteiger partial charge in [0.2, 0.25) is 0 Å². The number of unbranched alkanes of at least 4 members (excludes halogenated alkanes) is 12. The zero-order valence-electron chi connectivity index (χ0n) is 15.2. The first-order chi connectivity index (χ1) is 11.2. The molecule has 1 unspecified atom stereocenters. The Morgan fingerprint density at radius 2 is 1.13 bits per heavy atom. The number of aliphatic hydroxyl groups is 3. The summed E-state index contributed by atoms with van der Waals surface area (Å²) in [6, 6.07) is 0. The second-order valence-corrected chi connectivity index (χ2v) is 6.66. The van der Waals surface area contributed by atoms with Gasteiger partial charge < -0.3 is 20.1 Å². The molecule has 0 aromatic rings. The molecule has 0 amide bonds. The fraction of sp³-hybridized carbons (Fsp3) is 1.00. The second kappa shape index (κ2) is 18.2. The summed E-state index contributed by atoms with van der Waals surface area (Å²) in [5, 5.41) is 27.3. The normalized spacial score (nSPS) is 14.1. The van der Waals surface area contributed by atoms with E-state index < -0.39 is 12.4 Å². The maximum absolute atomic E-state index is 9.56.